The molecule has 9 heteroatoms. The lowest BCUT2D eigenvalue weighted by Gasteiger charge is -2.14. The van der Waals surface area contributed by atoms with Crippen LogP contribution in [-0.4, -0.2) is 45.4 Å². The molecule has 1 atom stereocenters. The fourth-order valence-corrected chi connectivity index (χ4v) is 4.50. The summed E-state index contributed by atoms with van der Waals surface area (Å²) >= 11 is 6.47. The van der Waals surface area contributed by atoms with Gasteiger partial charge in [-0.15, -0.1) is 0 Å². The fraction of sp³-hybridized carbons (Fsp3) is 0.214. The second-order valence-electron chi connectivity index (χ2n) is 8.87. The third kappa shape index (κ3) is 6.22. The summed E-state index contributed by atoms with van der Waals surface area (Å²) in [5, 5.41) is 7.47. The van der Waals surface area contributed by atoms with E-state index in [9.17, 15) is 4.79 Å². The molecule has 0 aliphatic carbocycles. The number of likely N-dealkylation sites (tertiary alicyclic amines) is 1. The molecule has 37 heavy (non-hydrogen) atoms. The van der Waals surface area contributed by atoms with Gasteiger partial charge in [0.1, 0.15) is 24.5 Å². The van der Waals surface area contributed by atoms with Gasteiger partial charge >= 0.3 is 0 Å². The molecule has 8 nitrogen and oxygen atoms in total. The summed E-state index contributed by atoms with van der Waals surface area (Å²) in [6.07, 6.45) is 9.02. The number of carbonyl (C=O) groups excluding carboxylic acids is 1. The third-order valence-corrected chi connectivity index (χ3v) is 6.54. The number of hydrogen-bond acceptors (Lipinski definition) is 7. The molecule has 2 aromatic carbocycles. The van der Waals surface area contributed by atoms with Crippen molar-refractivity contribution in [3.05, 3.63) is 90.0 Å². The Bertz CT molecular complexity index is 1430. The Balaban J connectivity index is 1.28. The van der Waals surface area contributed by atoms with Crippen LogP contribution in [0.4, 0.5) is 17.2 Å². The second-order valence-corrected chi connectivity index (χ2v) is 9.28. The lowest BCUT2D eigenvalue weighted by atomic mass is 10.2. The zero-order valence-corrected chi connectivity index (χ0v) is 21.2. The summed E-state index contributed by atoms with van der Waals surface area (Å²) in [6, 6.07) is 17.0. The molecule has 1 amide bonds. The van der Waals surface area contributed by atoms with Gasteiger partial charge in [-0.3, -0.25) is 14.7 Å². The number of ether oxygens (including phenoxy) is 1. The topological polar surface area (TPSA) is 92.3 Å². The first-order valence-electron chi connectivity index (χ1n) is 12.1. The van der Waals surface area contributed by atoms with E-state index in [1.807, 2.05) is 48.5 Å². The summed E-state index contributed by atoms with van der Waals surface area (Å²) in [5.41, 5.74) is 2.97. The van der Waals surface area contributed by atoms with E-state index in [0.717, 1.165) is 41.7 Å². The normalized spacial score (nSPS) is 15.8. The number of fused-ring (bicyclic) bond motifs is 1. The van der Waals surface area contributed by atoms with E-state index < -0.39 is 0 Å². The minimum absolute atomic E-state index is 0.168. The van der Waals surface area contributed by atoms with Crippen LogP contribution in [0.2, 0.25) is 5.02 Å². The molecule has 188 valence electrons. The highest BCUT2D eigenvalue weighted by Crippen LogP contribution is 2.31. The van der Waals surface area contributed by atoms with Crippen LogP contribution in [0.3, 0.4) is 0 Å². The number of anilines is 3. The van der Waals surface area contributed by atoms with Crippen LogP contribution in [0.5, 0.6) is 5.75 Å². The molecule has 0 radical (unpaired) electrons. The van der Waals surface area contributed by atoms with Gasteiger partial charge in [-0.25, -0.2) is 9.97 Å². The van der Waals surface area contributed by atoms with Crippen LogP contribution in [0, 0.1) is 0 Å². The van der Waals surface area contributed by atoms with Gasteiger partial charge in [-0.05, 0) is 75.0 Å². The van der Waals surface area contributed by atoms with Crippen molar-refractivity contribution in [1.82, 2.24) is 19.9 Å². The third-order valence-electron chi connectivity index (χ3n) is 6.25. The maximum Gasteiger partial charge on any atom is 0.248 e. The molecule has 5 rings (SSSR count). The molecule has 1 aliphatic rings. The molecule has 1 fully saturated rings. The predicted molar refractivity (Wildman–Crippen MR) is 146 cm³/mol. The second kappa shape index (κ2) is 11.4. The molecule has 0 spiro atoms. The van der Waals surface area contributed by atoms with Crippen LogP contribution >= 0.6 is 11.6 Å². The smallest absolute Gasteiger partial charge is 0.248 e. The number of benzene rings is 2. The number of amides is 1. The number of rotatable bonds is 8. The van der Waals surface area contributed by atoms with Gasteiger partial charge in [-0.1, -0.05) is 23.7 Å². The molecule has 0 bridgehead atoms. The summed E-state index contributed by atoms with van der Waals surface area (Å²) in [7, 11) is 2.08. The Kier molecular flexibility index (Phi) is 7.58. The van der Waals surface area contributed by atoms with Crippen LogP contribution in [0.1, 0.15) is 18.5 Å². The number of carbonyl (C=O) groups is 1. The van der Waals surface area contributed by atoms with E-state index >= 15 is 0 Å². The Morgan fingerprint density at radius 2 is 2.03 bits per heavy atom. The monoisotopic (exact) mass is 514 g/mol. The lowest BCUT2D eigenvalue weighted by Crippen LogP contribution is -2.23. The number of pyridine rings is 1. The van der Waals surface area contributed by atoms with Crippen molar-refractivity contribution in [1.29, 1.82) is 0 Å². The van der Waals surface area contributed by atoms with E-state index in [2.05, 4.69) is 37.5 Å². The van der Waals surface area contributed by atoms with Crippen molar-refractivity contribution in [2.45, 2.75) is 25.5 Å². The number of hydrogen-bond donors (Lipinski definition) is 2. The summed E-state index contributed by atoms with van der Waals surface area (Å²) in [5.74, 6) is 0.994. The van der Waals surface area contributed by atoms with Crippen LogP contribution in [0.25, 0.3) is 10.9 Å². The number of halogens is 1. The van der Waals surface area contributed by atoms with Gasteiger partial charge < -0.3 is 15.4 Å². The minimum atomic E-state index is -0.168. The van der Waals surface area contributed by atoms with Crippen LogP contribution < -0.4 is 15.4 Å². The van der Waals surface area contributed by atoms with Crippen molar-refractivity contribution in [2.24, 2.45) is 0 Å². The van der Waals surface area contributed by atoms with Gasteiger partial charge in [0.25, 0.3) is 0 Å². The molecule has 4 aromatic rings. The maximum absolute atomic E-state index is 12.5. The molecule has 1 unspecified atom stereocenters. The zero-order valence-electron chi connectivity index (χ0n) is 20.4. The van der Waals surface area contributed by atoms with Crippen molar-refractivity contribution in [3.63, 3.8) is 0 Å². The Morgan fingerprint density at radius 3 is 2.81 bits per heavy atom. The first-order valence-corrected chi connectivity index (χ1v) is 12.5. The van der Waals surface area contributed by atoms with E-state index in [1.165, 1.54) is 6.33 Å². The Morgan fingerprint density at radius 1 is 1.14 bits per heavy atom. The van der Waals surface area contributed by atoms with E-state index in [-0.39, 0.29) is 5.91 Å². The molecule has 1 aliphatic heterocycles. The lowest BCUT2D eigenvalue weighted by molar-refractivity contribution is -0.111. The van der Waals surface area contributed by atoms with Crippen molar-refractivity contribution in [2.75, 3.05) is 24.2 Å². The molecule has 2 N–H and O–H groups in total. The molecule has 2 aromatic heterocycles. The van der Waals surface area contributed by atoms with E-state index in [0.29, 0.717) is 34.9 Å². The Labute approximate surface area is 220 Å². The first-order chi connectivity index (χ1) is 18.0. The van der Waals surface area contributed by atoms with Crippen LogP contribution in [0.15, 0.2) is 79.3 Å². The van der Waals surface area contributed by atoms with Gasteiger partial charge in [0.2, 0.25) is 5.91 Å². The summed E-state index contributed by atoms with van der Waals surface area (Å²) in [6.45, 7) is 1.38. The molecule has 3 heterocycles. The van der Waals surface area contributed by atoms with Crippen molar-refractivity contribution >= 4 is 45.6 Å². The number of nitrogens with zero attached hydrogens (tertiary/aromatic N) is 4. The van der Waals surface area contributed by atoms with Gasteiger partial charge in [0, 0.05) is 35.1 Å². The van der Waals surface area contributed by atoms with Crippen LogP contribution in [-0.2, 0) is 11.4 Å². The predicted octanol–water partition coefficient (Wildman–Crippen LogP) is 5.59. The average Bonchev–Trinajstić information content (AvgIpc) is 3.32. The molecule has 0 saturated carbocycles. The zero-order chi connectivity index (χ0) is 25.6. The quantitative estimate of drug-likeness (QED) is 0.296. The minimum Gasteiger partial charge on any atom is -0.486 e. The number of likely N-dealkylation sites (N-methyl/N-ethyl adjacent to an activating group) is 1. The maximum atomic E-state index is 12.5. The summed E-state index contributed by atoms with van der Waals surface area (Å²) < 4.78 is 5.81. The largest absolute Gasteiger partial charge is 0.486 e. The molecular formula is C28H27ClN6O2. The van der Waals surface area contributed by atoms with Gasteiger partial charge in [0.15, 0.2) is 0 Å². The number of nitrogens with one attached hydrogen (secondary N) is 2. The molecule has 1 saturated heterocycles. The highest BCUT2D eigenvalue weighted by Gasteiger charge is 2.18. The van der Waals surface area contributed by atoms with Gasteiger partial charge in [-0.2, -0.15) is 0 Å². The standard InChI is InChI=1S/C28H27ClN6O2/c1-35-14-4-6-22(35)9-12-27(36)33-19-7-10-25-23(15-19)28(32-18-31-25)34-20-8-11-26(24(29)16-20)37-17-21-5-2-3-13-30-21/h2-3,5,7-13,15-16,18,22H,4,6,14,17H2,1H3,(H,33,36)(H,31,32,34)/b12-9+. The first kappa shape index (κ1) is 24.7. The van der Waals surface area contributed by atoms with Crippen molar-refractivity contribution in [3.8, 4) is 5.75 Å². The van der Waals surface area contributed by atoms with Gasteiger partial charge in [0.05, 0.1) is 16.2 Å². The Hall–Kier alpha value is -4.01. The number of aromatic nitrogens is 3. The SMILES string of the molecule is CN1CCCC1/C=C/C(=O)Nc1ccc2ncnc(Nc3ccc(OCc4ccccn4)c(Cl)c3)c2c1. The molecular weight excluding hydrogens is 488 g/mol. The highest BCUT2D eigenvalue weighted by molar-refractivity contribution is 6.32. The van der Waals surface area contributed by atoms with Crippen molar-refractivity contribution < 1.29 is 9.53 Å². The average molecular weight is 515 g/mol. The van der Waals surface area contributed by atoms with E-state index in [4.69, 9.17) is 16.3 Å². The fourth-order valence-electron chi connectivity index (χ4n) is 4.26. The highest BCUT2D eigenvalue weighted by atomic mass is 35.5. The summed E-state index contributed by atoms with van der Waals surface area (Å²) in [4.78, 5) is 27.8. The van der Waals surface area contributed by atoms with E-state index in [1.54, 1.807) is 24.4 Å².